The first-order valence-corrected chi connectivity index (χ1v) is 11.0. The average molecular weight is 427 g/mol. The van der Waals surface area contributed by atoms with Gasteiger partial charge in [-0.05, 0) is 24.3 Å². The smallest absolute Gasteiger partial charge is 0.240 e. The number of nitrogens with zero attached hydrogens (tertiary/aromatic N) is 1. The summed E-state index contributed by atoms with van der Waals surface area (Å²) in [5.74, 6) is 0.612. The molecule has 2 heterocycles. The molecule has 30 heavy (non-hydrogen) atoms. The third-order valence-electron chi connectivity index (χ3n) is 4.58. The number of amides is 1. The fourth-order valence-corrected chi connectivity index (χ4v) is 4.16. The summed E-state index contributed by atoms with van der Waals surface area (Å²) in [6.07, 6.45) is 2.37. The van der Waals surface area contributed by atoms with Gasteiger partial charge in [0, 0.05) is 37.0 Å². The summed E-state index contributed by atoms with van der Waals surface area (Å²) in [6, 6.07) is 13.7. The van der Waals surface area contributed by atoms with E-state index < -0.39 is 10.0 Å². The topological polar surface area (TPSA) is 107 Å². The number of benzene rings is 2. The molecule has 8 nitrogen and oxygen atoms in total. The molecule has 0 atom stereocenters. The molecule has 1 amide bonds. The van der Waals surface area contributed by atoms with E-state index in [9.17, 15) is 13.2 Å². The first-order valence-electron chi connectivity index (χ1n) is 9.56. The standard InChI is InChI=1S/C21H21N3O5S/c25-20(24-17-6-1-4-15-5-2-10-22-21(15)17)9-11-23-30(26,27)16-7-8-18-19(14-16)29-13-3-12-28-18/h1-2,4-8,10,14,23H,3,9,11-13H2,(H,24,25). The van der Waals surface area contributed by atoms with E-state index in [1.807, 2.05) is 24.3 Å². The van der Waals surface area contributed by atoms with Crippen molar-refractivity contribution in [1.82, 2.24) is 9.71 Å². The Bertz CT molecular complexity index is 1170. The first kappa shape index (κ1) is 20.1. The number of carbonyl (C=O) groups is 1. The predicted octanol–water partition coefficient (Wildman–Crippen LogP) is 2.70. The zero-order chi connectivity index (χ0) is 21.0. The van der Waals surface area contributed by atoms with Crippen LogP contribution in [0.1, 0.15) is 12.8 Å². The second-order valence-corrected chi connectivity index (χ2v) is 8.50. The van der Waals surface area contributed by atoms with Crippen molar-refractivity contribution in [2.24, 2.45) is 0 Å². The van der Waals surface area contributed by atoms with E-state index >= 15 is 0 Å². The minimum absolute atomic E-state index is 0.0208. The van der Waals surface area contributed by atoms with Crippen molar-refractivity contribution in [3.8, 4) is 11.5 Å². The van der Waals surface area contributed by atoms with Gasteiger partial charge in [-0.15, -0.1) is 0 Å². The lowest BCUT2D eigenvalue weighted by Crippen LogP contribution is -2.28. The molecule has 3 aromatic rings. The number of hydrogen-bond donors (Lipinski definition) is 2. The number of para-hydroxylation sites is 1. The molecule has 0 aliphatic carbocycles. The SMILES string of the molecule is O=C(CCNS(=O)(=O)c1ccc2c(c1)OCCCO2)Nc1cccc2cccnc12. The minimum Gasteiger partial charge on any atom is -0.490 e. The van der Waals surface area contributed by atoms with E-state index in [1.54, 1.807) is 18.3 Å². The number of ether oxygens (including phenoxy) is 2. The molecular formula is C21H21N3O5S. The number of carbonyl (C=O) groups excluding carboxylic acids is 1. The molecule has 0 bridgehead atoms. The summed E-state index contributed by atoms with van der Waals surface area (Å²) < 4.78 is 38.6. The highest BCUT2D eigenvalue weighted by Crippen LogP contribution is 2.31. The zero-order valence-corrected chi connectivity index (χ0v) is 16.9. The Labute approximate surface area is 174 Å². The normalized spacial score (nSPS) is 13.6. The first-order chi connectivity index (χ1) is 14.5. The number of nitrogens with one attached hydrogen (secondary N) is 2. The molecule has 9 heteroatoms. The molecule has 0 unspecified atom stereocenters. The van der Waals surface area contributed by atoms with Crippen LogP contribution in [-0.2, 0) is 14.8 Å². The Morgan fingerprint density at radius 2 is 1.83 bits per heavy atom. The summed E-state index contributed by atoms with van der Waals surface area (Å²) in [5, 5.41) is 3.69. The quantitative estimate of drug-likeness (QED) is 0.626. The Balaban J connectivity index is 1.37. The van der Waals surface area contributed by atoms with Crippen LogP contribution in [0.2, 0.25) is 0 Å². The lowest BCUT2D eigenvalue weighted by molar-refractivity contribution is -0.116. The maximum absolute atomic E-state index is 12.6. The summed E-state index contributed by atoms with van der Waals surface area (Å²) in [6.45, 7) is 0.951. The molecular weight excluding hydrogens is 406 g/mol. The molecule has 1 aromatic heterocycles. The molecule has 4 rings (SSSR count). The lowest BCUT2D eigenvalue weighted by Gasteiger charge is -2.11. The van der Waals surface area contributed by atoms with Gasteiger partial charge in [0.15, 0.2) is 11.5 Å². The fraction of sp³-hybridized carbons (Fsp3) is 0.238. The van der Waals surface area contributed by atoms with Gasteiger partial charge in [-0.25, -0.2) is 13.1 Å². The number of sulfonamides is 1. The molecule has 1 aliphatic heterocycles. The van der Waals surface area contributed by atoms with Crippen LogP contribution in [-0.4, -0.2) is 39.1 Å². The van der Waals surface area contributed by atoms with E-state index in [2.05, 4.69) is 15.0 Å². The molecule has 0 saturated heterocycles. The van der Waals surface area contributed by atoms with Crippen LogP contribution in [0.4, 0.5) is 5.69 Å². The number of rotatable bonds is 6. The van der Waals surface area contributed by atoms with Gasteiger partial charge < -0.3 is 14.8 Å². The highest BCUT2D eigenvalue weighted by atomic mass is 32.2. The molecule has 2 aromatic carbocycles. The van der Waals surface area contributed by atoms with E-state index in [0.717, 1.165) is 11.8 Å². The largest absolute Gasteiger partial charge is 0.490 e. The van der Waals surface area contributed by atoms with Gasteiger partial charge >= 0.3 is 0 Å². The van der Waals surface area contributed by atoms with Crippen LogP contribution in [0.15, 0.2) is 59.6 Å². The molecule has 1 aliphatic rings. The number of hydrogen-bond acceptors (Lipinski definition) is 6. The van der Waals surface area contributed by atoms with Crippen molar-refractivity contribution in [2.45, 2.75) is 17.7 Å². The maximum atomic E-state index is 12.6. The Morgan fingerprint density at radius 1 is 1.03 bits per heavy atom. The van der Waals surface area contributed by atoms with Gasteiger partial charge in [0.2, 0.25) is 15.9 Å². The lowest BCUT2D eigenvalue weighted by atomic mass is 10.2. The van der Waals surface area contributed by atoms with Crippen molar-refractivity contribution in [1.29, 1.82) is 0 Å². The van der Waals surface area contributed by atoms with Gasteiger partial charge in [0.05, 0.1) is 29.3 Å². The summed E-state index contributed by atoms with van der Waals surface area (Å²) in [7, 11) is -3.79. The number of fused-ring (bicyclic) bond motifs is 2. The third kappa shape index (κ3) is 4.52. The number of pyridine rings is 1. The van der Waals surface area contributed by atoms with Crippen LogP contribution in [0.5, 0.6) is 11.5 Å². The fourth-order valence-electron chi connectivity index (χ4n) is 3.11. The Morgan fingerprint density at radius 3 is 2.70 bits per heavy atom. The van der Waals surface area contributed by atoms with Crippen LogP contribution in [0, 0.1) is 0 Å². The van der Waals surface area contributed by atoms with Crippen LogP contribution in [0.25, 0.3) is 10.9 Å². The second kappa shape index (κ2) is 8.68. The maximum Gasteiger partial charge on any atom is 0.240 e. The van der Waals surface area contributed by atoms with Crippen LogP contribution >= 0.6 is 0 Å². The van der Waals surface area contributed by atoms with E-state index in [0.29, 0.717) is 35.9 Å². The Kier molecular flexibility index (Phi) is 5.82. The predicted molar refractivity (Wildman–Crippen MR) is 112 cm³/mol. The molecule has 0 fully saturated rings. The summed E-state index contributed by atoms with van der Waals surface area (Å²) in [5.41, 5.74) is 1.27. The van der Waals surface area contributed by atoms with Crippen molar-refractivity contribution in [2.75, 3.05) is 25.1 Å². The van der Waals surface area contributed by atoms with Crippen molar-refractivity contribution < 1.29 is 22.7 Å². The van der Waals surface area contributed by atoms with Crippen LogP contribution in [0.3, 0.4) is 0 Å². The van der Waals surface area contributed by atoms with E-state index in [1.165, 1.54) is 12.1 Å². The van der Waals surface area contributed by atoms with Gasteiger partial charge in [-0.3, -0.25) is 9.78 Å². The molecule has 0 spiro atoms. The van der Waals surface area contributed by atoms with E-state index in [4.69, 9.17) is 9.47 Å². The highest BCUT2D eigenvalue weighted by molar-refractivity contribution is 7.89. The number of aromatic nitrogens is 1. The summed E-state index contributed by atoms with van der Waals surface area (Å²) in [4.78, 5) is 16.6. The van der Waals surface area contributed by atoms with E-state index in [-0.39, 0.29) is 23.8 Å². The van der Waals surface area contributed by atoms with Gasteiger partial charge in [-0.2, -0.15) is 0 Å². The Hall–Kier alpha value is -3.17. The number of anilines is 1. The zero-order valence-electron chi connectivity index (χ0n) is 16.1. The van der Waals surface area contributed by atoms with Crippen LogP contribution < -0.4 is 19.5 Å². The van der Waals surface area contributed by atoms with Crippen molar-refractivity contribution in [3.63, 3.8) is 0 Å². The van der Waals surface area contributed by atoms with Gasteiger partial charge in [-0.1, -0.05) is 18.2 Å². The van der Waals surface area contributed by atoms with Gasteiger partial charge in [0.25, 0.3) is 0 Å². The average Bonchev–Trinajstić information content (AvgIpc) is 2.99. The van der Waals surface area contributed by atoms with Crippen molar-refractivity contribution >= 4 is 32.5 Å². The summed E-state index contributed by atoms with van der Waals surface area (Å²) >= 11 is 0. The minimum atomic E-state index is -3.79. The molecule has 156 valence electrons. The third-order valence-corrected chi connectivity index (χ3v) is 6.04. The van der Waals surface area contributed by atoms with Crippen molar-refractivity contribution in [3.05, 3.63) is 54.7 Å². The monoisotopic (exact) mass is 427 g/mol. The second-order valence-electron chi connectivity index (χ2n) is 6.74. The highest BCUT2D eigenvalue weighted by Gasteiger charge is 2.19. The molecule has 2 N–H and O–H groups in total. The molecule has 0 saturated carbocycles. The van der Waals surface area contributed by atoms with Gasteiger partial charge in [0.1, 0.15) is 0 Å². The molecule has 0 radical (unpaired) electrons.